The van der Waals surface area contributed by atoms with Gasteiger partial charge in [-0.1, -0.05) is 24.0 Å². The Balaban J connectivity index is 1.86. The van der Waals surface area contributed by atoms with Gasteiger partial charge in [-0.05, 0) is 35.9 Å². The number of thiocarbonyl (C=S) groups is 1. The molecule has 1 fully saturated rings. The molecule has 10 heteroatoms. The third kappa shape index (κ3) is 3.46. The molecule has 1 aliphatic rings. The summed E-state index contributed by atoms with van der Waals surface area (Å²) in [6.07, 6.45) is 1.59. The van der Waals surface area contributed by atoms with Crippen LogP contribution in [0, 0.1) is 20.2 Å². The molecule has 3 rings (SSSR count). The molecule has 0 spiro atoms. The zero-order chi connectivity index (χ0) is 18.8. The highest BCUT2D eigenvalue weighted by Crippen LogP contribution is 2.36. The fourth-order valence-corrected chi connectivity index (χ4v) is 3.56. The highest BCUT2D eigenvalue weighted by Gasteiger charge is 2.33. The van der Waals surface area contributed by atoms with Gasteiger partial charge in [0, 0.05) is 24.3 Å². The lowest BCUT2D eigenvalue weighted by molar-refractivity contribution is -0.385. The molecule has 0 bridgehead atoms. The van der Waals surface area contributed by atoms with Crippen molar-refractivity contribution in [1.29, 1.82) is 0 Å². The quantitative estimate of drug-likeness (QED) is 0.339. The number of amides is 1. The van der Waals surface area contributed by atoms with Crippen molar-refractivity contribution in [3.8, 4) is 0 Å². The van der Waals surface area contributed by atoms with E-state index in [0.717, 1.165) is 11.8 Å². The first-order valence-corrected chi connectivity index (χ1v) is 8.36. The van der Waals surface area contributed by atoms with Crippen LogP contribution in [0.5, 0.6) is 0 Å². The minimum absolute atomic E-state index is 0.0411. The Morgan fingerprint density at radius 3 is 1.92 bits per heavy atom. The Labute approximate surface area is 156 Å². The number of carbonyl (C=O) groups excluding carboxylic acids is 1. The predicted octanol–water partition coefficient (Wildman–Crippen LogP) is 3.91. The molecule has 8 nitrogen and oxygen atoms in total. The lowest BCUT2D eigenvalue weighted by Gasteiger charge is -2.13. The highest BCUT2D eigenvalue weighted by molar-refractivity contribution is 8.27. The predicted molar refractivity (Wildman–Crippen MR) is 102 cm³/mol. The van der Waals surface area contributed by atoms with Gasteiger partial charge in [-0.15, -0.1) is 0 Å². The van der Waals surface area contributed by atoms with Crippen molar-refractivity contribution in [3.63, 3.8) is 0 Å². The third-order valence-electron chi connectivity index (χ3n) is 3.51. The zero-order valence-electron chi connectivity index (χ0n) is 12.9. The Hall–Kier alpha value is -3.11. The van der Waals surface area contributed by atoms with Crippen LogP contribution in [0.15, 0.2) is 53.4 Å². The standard InChI is InChI=1S/C16H9N3O5S2/c20-15-14(9-10-1-3-12(4-2-10)18(21)22)26-16(25)17(15)11-5-7-13(8-6-11)19(23)24/h1-9H. The summed E-state index contributed by atoms with van der Waals surface area (Å²) in [6.45, 7) is 0. The molecule has 0 saturated carbocycles. The first-order valence-electron chi connectivity index (χ1n) is 7.13. The van der Waals surface area contributed by atoms with E-state index in [9.17, 15) is 25.0 Å². The van der Waals surface area contributed by atoms with Gasteiger partial charge in [0.05, 0.1) is 20.4 Å². The Bertz CT molecular complexity index is 955. The number of nitro benzene ring substituents is 2. The van der Waals surface area contributed by atoms with Crippen LogP contribution >= 0.6 is 24.0 Å². The second-order valence-electron chi connectivity index (χ2n) is 5.14. The van der Waals surface area contributed by atoms with E-state index in [1.807, 2.05) is 0 Å². The number of rotatable bonds is 4. The average molecular weight is 387 g/mol. The van der Waals surface area contributed by atoms with Crippen molar-refractivity contribution in [2.75, 3.05) is 4.90 Å². The fourth-order valence-electron chi connectivity index (χ4n) is 2.26. The molecule has 0 radical (unpaired) electrons. The van der Waals surface area contributed by atoms with Gasteiger partial charge < -0.3 is 0 Å². The first-order chi connectivity index (χ1) is 12.4. The fraction of sp³-hybridized carbons (Fsp3) is 0. The van der Waals surface area contributed by atoms with Crippen LogP contribution in [0.2, 0.25) is 0 Å². The maximum atomic E-state index is 12.6. The number of hydrogen-bond acceptors (Lipinski definition) is 7. The number of anilines is 1. The van der Waals surface area contributed by atoms with Crippen LogP contribution in [-0.2, 0) is 4.79 Å². The Kier molecular flexibility index (Phi) is 4.78. The minimum Gasteiger partial charge on any atom is -0.268 e. The molecule has 0 N–H and O–H groups in total. The van der Waals surface area contributed by atoms with Crippen molar-refractivity contribution in [1.82, 2.24) is 0 Å². The van der Waals surface area contributed by atoms with E-state index in [-0.39, 0.29) is 17.3 Å². The number of hydrogen-bond donors (Lipinski definition) is 0. The lowest BCUT2D eigenvalue weighted by Crippen LogP contribution is -2.27. The molecule has 1 heterocycles. The molecule has 130 valence electrons. The molecular formula is C16H9N3O5S2. The minimum atomic E-state index is -0.525. The van der Waals surface area contributed by atoms with Crippen LogP contribution in [-0.4, -0.2) is 20.1 Å². The van der Waals surface area contributed by atoms with Crippen LogP contribution in [0.4, 0.5) is 17.1 Å². The summed E-state index contributed by atoms with van der Waals surface area (Å²) in [7, 11) is 0. The molecule has 0 aromatic heterocycles. The van der Waals surface area contributed by atoms with E-state index in [1.165, 1.54) is 53.4 Å². The van der Waals surface area contributed by atoms with Crippen molar-refractivity contribution in [3.05, 3.63) is 79.2 Å². The van der Waals surface area contributed by atoms with Gasteiger partial charge in [-0.2, -0.15) is 0 Å². The number of carbonyl (C=O) groups is 1. The van der Waals surface area contributed by atoms with Gasteiger partial charge >= 0.3 is 0 Å². The van der Waals surface area contributed by atoms with Gasteiger partial charge in [0.25, 0.3) is 17.3 Å². The first kappa shape index (κ1) is 17.7. The highest BCUT2D eigenvalue weighted by atomic mass is 32.2. The largest absolute Gasteiger partial charge is 0.270 e. The monoisotopic (exact) mass is 387 g/mol. The molecular weight excluding hydrogens is 378 g/mol. The van der Waals surface area contributed by atoms with E-state index in [0.29, 0.717) is 20.5 Å². The van der Waals surface area contributed by atoms with Gasteiger partial charge in [0.1, 0.15) is 0 Å². The third-order valence-corrected chi connectivity index (χ3v) is 4.82. The van der Waals surface area contributed by atoms with Gasteiger partial charge in [-0.3, -0.25) is 29.9 Å². The van der Waals surface area contributed by atoms with Crippen LogP contribution < -0.4 is 4.90 Å². The van der Waals surface area contributed by atoms with Gasteiger partial charge in [-0.25, -0.2) is 0 Å². The summed E-state index contributed by atoms with van der Waals surface area (Å²) < 4.78 is 0.303. The average Bonchev–Trinajstić information content (AvgIpc) is 2.89. The van der Waals surface area contributed by atoms with E-state index in [2.05, 4.69) is 0 Å². The number of nitrogens with zero attached hydrogens (tertiary/aromatic N) is 3. The lowest BCUT2D eigenvalue weighted by atomic mass is 10.2. The normalized spacial score (nSPS) is 15.5. The number of non-ortho nitro benzene ring substituents is 2. The summed E-state index contributed by atoms with van der Waals surface area (Å²) >= 11 is 6.33. The molecule has 0 aliphatic carbocycles. The Morgan fingerprint density at radius 1 is 0.923 bits per heavy atom. The number of benzene rings is 2. The summed E-state index contributed by atoms with van der Waals surface area (Å²) in [6, 6.07) is 11.3. The zero-order valence-corrected chi connectivity index (χ0v) is 14.5. The van der Waals surface area contributed by atoms with Crippen molar-refractivity contribution < 1.29 is 14.6 Å². The summed E-state index contributed by atoms with van der Waals surface area (Å²) in [5, 5.41) is 21.4. The SMILES string of the molecule is O=C1C(=Cc2ccc([N+](=O)[O-])cc2)SC(=S)N1c1ccc([N+](=O)[O-])cc1. The summed E-state index contributed by atoms with van der Waals surface area (Å²) in [4.78, 5) is 34.7. The van der Waals surface area contributed by atoms with Gasteiger partial charge in [0.15, 0.2) is 4.32 Å². The molecule has 2 aromatic rings. The second-order valence-corrected chi connectivity index (χ2v) is 6.82. The van der Waals surface area contributed by atoms with Crippen molar-refractivity contribution in [2.45, 2.75) is 0 Å². The molecule has 2 aromatic carbocycles. The van der Waals surface area contributed by atoms with E-state index in [4.69, 9.17) is 12.2 Å². The topological polar surface area (TPSA) is 107 Å². The van der Waals surface area contributed by atoms with E-state index < -0.39 is 9.85 Å². The molecule has 0 unspecified atom stereocenters. The molecule has 26 heavy (non-hydrogen) atoms. The van der Waals surface area contributed by atoms with Crippen molar-refractivity contribution >= 4 is 57.3 Å². The number of thioether (sulfide) groups is 1. The smallest absolute Gasteiger partial charge is 0.268 e. The Morgan fingerprint density at radius 2 is 1.42 bits per heavy atom. The summed E-state index contributed by atoms with van der Waals surface area (Å²) in [5.41, 5.74) is 0.936. The maximum absolute atomic E-state index is 12.6. The van der Waals surface area contributed by atoms with Crippen LogP contribution in [0.25, 0.3) is 6.08 Å². The second kappa shape index (κ2) is 7.02. The van der Waals surface area contributed by atoms with E-state index >= 15 is 0 Å². The number of nitro groups is 2. The molecule has 0 atom stereocenters. The van der Waals surface area contributed by atoms with Crippen molar-refractivity contribution in [2.24, 2.45) is 0 Å². The van der Waals surface area contributed by atoms with Crippen LogP contribution in [0.1, 0.15) is 5.56 Å². The maximum Gasteiger partial charge on any atom is 0.270 e. The molecule has 1 amide bonds. The van der Waals surface area contributed by atoms with E-state index in [1.54, 1.807) is 6.08 Å². The van der Waals surface area contributed by atoms with Gasteiger partial charge in [0.2, 0.25) is 0 Å². The molecule has 1 aliphatic heterocycles. The summed E-state index contributed by atoms with van der Waals surface area (Å²) in [5.74, 6) is -0.354. The van der Waals surface area contributed by atoms with Crippen LogP contribution in [0.3, 0.4) is 0 Å². The molecule has 1 saturated heterocycles.